The molecule has 1 aromatic carbocycles. The lowest BCUT2D eigenvalue weighted by Crippen LogP contribution is -2.25. The molecule has 0 fully saturated rings. The van der Waals surface area contributed by atoms with Gasteiger partial charge < -0.3 is 5.32 Å². The third kappa shape index (κ3) is 3.81. The van der Waals surface area contributed by atoms with E-state index in [1.807, 2.05) is 42.1 Å². The average molecular weight is 381 g/mol. The number of hydrogen-bond donors (Lipinski definition) is 1. The van der Waals surface area contributed by atoms with Gasteiger partial charge in [-0.3, -0.25) is 9.48 Å². The summed E-state index contributed by atoms with van der Waals surface area (Å²) in [5, 5.41) is 8.66. The molecule has 0 atom stereocenters. The van der Waals surface area contributed by atoms with Crippen LogP contribution < -0.4 is 5.32 Å². The van der Waals surface area contributed by atoms with Gasteiger partial charge in [0.25, 0.3) is 5.91 Å². The molecule has 2 aromatic heterocycles. The molecular weight excluding hydrogens is 356 g/mol. The molecule has 0 aliphatic heterocycles. The van der Waals surface area contributed by atoms with E-state index in [1.165, 1.54) is 23.4 Å². The highest BCUT2D eigenvalue weighted by Gasteiger charge is 2.16. The quantitative estimate of drug-likeness (QED) is 0.708. The van der Waals surface area contributed by atoms with Crippen molar-refractivity contribution in [2.75, 3.05) is 6.54 Å². The van der Waals surface area contributed by atoms with Gasteiger partial charge >= 0.3 is 0 Å². The molecule has 0 unspecified atom stereocenters. The minimum atomic E-state index is -0.0403. The number of fused-ring (bicyclic) bond motifs is 1. The molecule has 0 saturated carbocycles. The normalized spacial score (nSPS) is 13.0. The van der Waals surface area contributed by atoms with Crippen molar-refractivity contribution < 1.29 is 4.79 Å². The van der Waals surface area contributed by atoms with Gasteiger partial charge in [0.2, 0.25) is 0 Å². The van der Waals surface area contributed by atoms with E-state index < -0.39 is 0 Å². The van der Waals surface area contributed by atoms with E-state index in [1.54, 1.807) is 11.3 Å². The first-order valence-electron chi connectivity index (χ1n) is 9.54. The van der Waals surface area contributed by atoms with Crippen molar-refractivity contribution in [3.8, 4) is 11.1 Å². The number of carbonyl (C=O) groups is 1. The Bertz CT molecular complexity index is 951. The Hall–Kier alpha value is -2.47. The van der Waals surface area contributed by atoms with E-state index >= 15 is 0 Å². The maximum atomic E-state index is 12.6. The summed E-state index contributed by atoms with van der Waals surface area (Å²) in [6.07, 6.45) is 6.34. The molecule has 5 nitrogen and oxygen atoms in total. The second-order valence-electron chi connectivity index (χ2n) is 6.90. The van der Waals surface area contributed by atoms with Crippen LogP contribution in [0.15, 0.2) is 30.5 Å². The fraction of sp³-hybridized carbons (Fsp3) is 0.381. The Balaban J connectivity index is 1.40. The van der Waals surface area contributed by atoms with Crippen molar-refractivity contribution in [2.45, 2.75) is 46.1 Å². The molecule has 1 aliphatic carbocycles. The van der Waals surface area contributed by atoms with Gasteiger partial charge in [-0.1, -0.05) is 12.1 Å². The first kappa shape index (κ1) is 17.9. The van der Waals surface area contributed by atoms with Crippen molar-refractivity contribution in [1.82, 2.24) is 20.1 Å². The molecule has 1 amide bonds. The molecule has 4 rings (SSSR count). The number of carbonyl (C=O) groups excluding carboxylic acids is 1. The molecule has 1 aliphatic rings. The number of aryl methyl sites for hydroxylation is 4. The van der Waals surface area contributed by atoms with Crippen LogP contribution in [0.3, 0.4) is 0 Å². The summed E-state index contributed by atoms with van der Waals surface area (Å²) >= 11 is 1.80. The van der Waals surface area contributed by atoms with Gasteiger partial charge in [0.15, 0.2) is 0 Å². The van der Waals surface area contributed by atoms with E-state index in [0.717, 1.165) is 41.2 Å². The molecule has 0 bridgehead atoms. The van der Waals surface area contributed by atoms with Crippen LogP contribution in [0.25, 0.3) is 11.1 Å². The van der Waals surface area contributed by atoms with Gasteiger partial charge in [0, 0.05) is 41.7 Å². The van der Waals surface area contributed by atoms with Crippen LogP contribution in [0.5, 0.6) is 0 Å². The third-order valence-electron chi connectivity index (χ3n) is 4.97. The van der Waals surface area contributed by atoms with Crippen LogP contribution in [0, 0.1) is 6.92 Å². The summed E-state index contributed by atoms with van der Waals surface area (Å²) in [5.41, 5.74) is 5.03. The van der Waals surface area contributed by atoms with Crippen molar-refractivity contribution >= 4 is 17.2 Å². The Morgan fingerprint density at radius 3 is 3.00 bits per heavy atom. The molecule has 6 heteroatoms. The van der Waals surface area contributed by atoms with E-state index in [0.29, 0.717) is 12.1 Å². The van der Waals surface area contributed by atoms with Crippen LogP contribution in [0.2, 0.25) is 0 Å². The highest BCUT2D eigenvalue weighted by molar-refractivity contribution is 7.11. The molecule has 3 aromatic rings. The summed E-state index contributed by atoms with van der Waals surface area (Å²) in [6, 6.07) is 7.75. The third-order valence-corrected chi connectivity index (χ3v) is 6.19. The summed E-state index contributed by atoms with van der Waals surface area (Å²) in [4.78, 5) is 18.7. The first-order chi connectivity index (χ1) is 13.1. The van der Waals surface area contributed by atoms with Crippen molar-refractivity contribution in [3.05, 3.63) is 57.3 Å². The lowest BCUT2D eigenvalue weighted by atomic mass is 10.0. The molecule has 0 radical (unpaired) electrons. The summed E-state index contributed by atoms with van der Waals surface area (Å²) in [6.45, 7) is 5.51. The molecular formula is C21H24N4OS. The molecule has 0 spiro atoms. The zero-order chi connectivity index (χ0) is 18.8. The Labute approximate surface area is 163 Å². The first-order valence-corrected chi connectivity index (χ1v) is 10.4. The molecule has 27 heavy (non-hydrogen) atoms. The van der Waals surface area contributed by atoms with Crippen molar-refractivity contribution in [1.29, 1.82) is 0 Å². The van der Waals surface area contributed by atoms with E-state index in [2.05, 4.69) is 17.3 Å². The number of rotatable bonds is 6. The summed E-state index contributed by atoms with van der Waals surface area (Å²) < 4.78 is 1.92. The number of hydrogen-bond acceptors (Lipinski definition) is 4. The predicted molar refractivity (Wildman–Crippen MR) is 108 cm³/mol. The molecule has 2 heterocycles. The maximum Gasteiger partial charge on any atom is 0.251 e. The topological polar surface area (TPSA) is 59.8 Å². The minimum absolute atomic E-state index is 0.0403. The number of nitrogens with zero attached hydrogens (tertiary/aromatic N) is 3. The van der Waals surface area contributed by atoms with Crippen LogP contribution in [-0.4, -0.2) is 27.2 Å². The fourth-order valence-corrected chi connectivity index (χ4v) is 4.68. The van der Waals surface area contributed by atoms with Crippen molar-refractivity contribution in [2.24, 2.45) is 0 Å². The molecule has 140 valence electrons. The number of thiazole rings is 1. The zero-order valence-electron chi connectivity index (χ0n) is 15.8. The van der Waals surface area contributed by atoms with Gasteiger partial charge in [0.05, 0.1) is 16.4 Å². The molecule has 1 N–H and O–H groups in total. The Morgan fingerprint density at radius 1 is 1.33 bits per heavy atom. The predicted octanol–water partition coefficient (Wildman–Crippen LogP) is 3.80. The lowest BCUT2D eigenvalue weighted by Gasteiger charge is -2.06. The second-order valence-corrected chi connectivity index (χ2v) is 8.07. The Morgan fingerprint density at radius 2 is 2.22 bits per heavy atom. The summed E-state index contributed by atoms with van der Waals surface area (Å²) in [7, 11) is 0. The monoisotopic (exact) mass is 380 g/mol. The van der Waals surface area contributed by atoms with Gasteiger partial charge in [-0.15, -0.1) is 11.3 Å². The van der Waals surface area contributed by atoms with Crippen molar-refractivity contribution in [3.63, 3.8) is 0 Å². The SMILES string of the molecule is CCn1cc(-c2cccc(C(=O)NCCc3nc4c(s3)CCC4)c2)c(C)n1. The fourth-order valence-electron chi connectivity index (χ4n) is 3.53. The van der Waals surface area contributed by atoms with Crippen LogP contribution in [0.1, 0.15) is 45.0 Å². The van der Waals surface area contributed by atoms with Crippen LogP contribution >= 0.6 is 11.3 Å². The van der Waals surface area contributed by atoms with Gasteiger partial charge in [-0.2, -0.15) is 5.10 Å². The van der Waals surface area contributed by atoms with E-state index in [-0.39, 0.29) is 5.91 Å². The minimum Gasteiger partial charge on any atom is -0.352 e. The van der Waals surface area contributed by atoms with Gasteiger partial charge in [0.1, 0.15) is 0 Å². The smallest absolute Gasteiger partial charge is 0.251 e. The second kappa shape index (κ2) is 7.64. The van der Waals surface area contributed by atoms with Gasteiger partial charge in [-0.05, 0) is 50.8 Å². The highest BCUT2D eigenvalue weighted by Crippen LogP contribution is 2.27. The maximum absolute atomic E-state index is 12.6. The number of aromatic nitrogens is 3. The highest BCUT2D eigenvalue weighted by atomic mass is 32.1. The zero-order valence-corrected chi connectivity index (χ0v) is 16.6. The van der Waals surface area contributed by atoms with E-state index in [9.17, 15) is 4.79 Å². The average Bonchev–Trinajstić information content (AvgIpc) is 3.36. The van der Waals surface area contributed by atoms with E-state index in [4.69, 9.17) is 4.98 Å². The largest absolute Gasteiger partial charge is 0.352 e. The number of benzene rings is 1. The number of amides is 1. The number of nitrogens with one attached hydrogen (secondary N) is 1. The van der Waals surface area contributed by atoms with Gasteiger partial charge in [-0.25, -0.2) is 4.98 Å². The Kier molecular flexibility index (Phi) is 5.07. The lowest BCUT2D eigenvalue weighted by molar-refractivity contribution is 0.0954. The van der Waals surface area contributed by atoms with Crippen LogP contribution in [-0.2, 0) is 25.8 Å². The molecule has 0 saturated heterocycles. The van der Waals surface area contributed by atoms with Crippen LogP contribution in [0.4, 0.5) is 0 Å². The standard InChI is InChI=1S/C21H24N4OS/c1-3-25-13-17(14(2)24-25)15-6-4-7-16(12-15)21(26)22-11-10-20-23-18-8-5-9-19(18)27-20/h4,6-7,12-13H,3,5,8-11H2,1-2H3,(H,22,26). The summed E-state index contributed by atoms with van der Waals surface area (Å²) in [5.74, 6) is -0.0403.